The summed E-state index contributed by atoms with van der Waals surface area (Å²) in [7, 11) is 0. The van der Waals surface area contributed by atoms with Crippen LogP contribution in [0, 0.1) is 11.3 Å². The minimum atomic E-state index is -0.113. The predicted octanol–water partition coefficient (Wildman–Crippen LogP) is 5.54. The number of carbonyl (C=O) groups is 1. The molecule has 7 heteroatoms. The summed E-state index contributed by atoms with van der Waals surface area (Å²) in [5.74, 6) is 1.69. The zero-order valence-corrected chi connectivity index (χ0v) is 18.2. The molecule has 0 unspecified atom stereocenters. The van der Waals surface area contributed by atoms with Crippen LogP contribution in [0.3, 0.4) is 0 Å². The summed E-state index contributed by atoms with van der Waals surface area (Å²) in [4.78, 5) is 12.1. The topological polar surface area (TPSA) is 71.4 Å². The summed E-state index contributed by atoms with van der Waals surface area (Å²) in [5.41, 5.74) is 0.591. The average Bonchev–Trinajstić information content (AvgIpc) is 2.74. The van der Waals surface area contributed by atoms with Crippen molar-refractivity contribution in [3.63, 3.8) is 0 Å². The lowest BCUT2D eigenvalue weighted by molar-refractivity contribution is -0.124. The fraction of sp³-hybridized carbons (Fsp3) is 0.391. The van der Waals surface area contributed by atoms with Crippen molar-refractivity contribution in [3.05, 3.63) is 58.6 Å². The number of nitrogens with one attached hydrogen (secondary N) is 2. The summed E-state index contributed by atoms with van der Waals surface area (Å²) >= 11 is 11.7. The van der Waals surface area contributed by atoms with Crippen LogP contribution in [0.5, 0.6) is 11.5 Å². The van der Waals surface area contributed by atoms with E-state index in [-0.39, 0.29) is 18.6 Å². The molecule has 1 fully saturated rings. The zero-order chi connectivity index (χ0) is 21.3. The van der Waals surface area contributed by atoms with Gasteiger partial charge >= 0.3 is 0 Å². The van der Waals surface area contributed by atoms with Crippen molar-refractivity contribution in [2.75, 3.05) is 13.2 Å². The minimum Gasteiger partial charge on any atom is -0.488 e. The number of carbonyl (C=O) groups excluding carboxylic acids is 1. The molecular weight excluding hydrogens is 423 g/mol. The molecule has 5 nitrogen and oxygen atoms in total. The van der Waals surface area contributed by atoms with Crippen molar-refractivity contribution in [2.24, 2.45) is 5.92 Å². The van der Waals surface area contributed by atoms with E-state index in [9.17, 15) is 4.79 Å². The molecule has 1 saturated carbocycles. The molecule has 2 aromatic carbocycles. The summed E-state index contributed by atoms with van der Waals surface area (Å²) in [6, 6.07) is 14.3. The van der Waals surface area contributed by atoms with Crippen molar-refractivity contribution < 1.29 is 14.3 Å². The molecule has 0 heterocycles. The highest BCUT2D eigenvalue weighted by atomic mass is 35.5. The van der Waals surface area contributed by atoms with Gasteiger partial charge < -0.3 is 20.2 Å². The third-order valence-electron chi connectivity index (χ3n) is 5.16. The monoisotopic (exact) mass is 448 g/mol. The van der Waals surface area contributed by atoms with Crippen molar-refractivity contribution in [3.8, 4) is 11.5 Å². The van der Waals surface area contributed by atoms with Gasteiger partial charge in [-0.25, -0.2) is 0 Å². The van der Waals surface area contributed by atoms with E-state index in [0.717, 1.165) is 37.9 Å². The third kappa shape index (κ3) is 7.54. The maximum absolute atomic E-state index is 12.1. The van der Waals surface area contributed by atoms with Crippen LogP contribution in [0.2, 0.25) is 10.0 Å². The number of benzene rings is 2. The van der Waals surface area contributed by atoms with Gasteiger partial charge in [0.05, 0.1) is 0 Å². The Balaban J connectivity index is 1.31. The zero-order valence-electron chi connectivity index (χ0n) is 16.7. The Hall–Kier alpha value is -2.24. The summed E-state index contributed by atoms with van der Waals surface area (Å²) in [6.07, 6.45) is 4.55. The smallest absolute Gasteiger partial charge is 0.258 e. The quantitative estimate of drug-likeness (QED) is 0.494. The molecule has 2 N–H and O–H groups in total. The number of halogens is 2. The second-order valence-corrected chi connectivity index (χ2v) is 8.45. The largest absolute Gasteiger partial charge is 0.488 e. The molecule has 0 spiro atoms. The van der Waals surface area contributed by atoms with E-state index in [1.807, 2.05) is 0 Å². The third-order valence-corrected chi connectivity index (χ3v) is 5.66. The van der Waals surface area contributed by atoms with Gasteiger partial charge in [0.1, 0.15) is 18.1 Å². The van der Waals surface area contributed by atoms with Crippen LogP contribution in [-0.4, -0.2) is 30.9 Å². The number of hydrogen-bond acceptors (Lipinski definition) is 4. The van der Waals surface area contributed by atoms with E-state index in [1.165, 1.54) is 0 Å². The van der Waals surface area contributed by atoms with Crippen LogP contribution in [-0.2, 0) is 4.79 Å². The van der Waals surface area contributed by atoms with Gasteiger partial charge in [-0.05, 0) is 86.6 Å². The second-order valence-electron chi connectivity index (χ2n) is 7.58. The molecule has 0 aromatic heterocycles. The van der Waals surface area contributed by atoms with Gasteiger partial charge in [0.15, 0.2) is 6.61 Å². The van der Waals surface area contributed by atoms with Crippen LogP contribution in [0.15, 0.2) is 48.5 Å². The number of amides is 1. The van der Waals surface area contributed by atoms with Crippen molar-refractivity contribution in [2.45, 2.75) is 38.1 Å². The fourth-order valence-corrected chi connectivity index (χ4v) is 3.82. The number of ether oxygens (including phenoxy) is 2. The van der Waals surface area contributed by atoms with E-state index in [2.05, 4.69) is 5.32 Å². The van der Waals surface area contributed by atoms with E-state index in [0.29, 0.717) is 34.0 Å². The highest BCUT2D eigenvalue weighted by Crippen LogP contribution is 2.27. The first-order valence-electron chi connectivity index (χ1n) is 10.1. The molecule has 0 bridgehead atoms. The van der Waals surface area contributed by atoms with Crippen molar-refractivity contribution in [1.29, 1.82) is 5.41 Å². The van der Waals surface area contributed by atoms with Gasteiger partial charge in [-0.2, -0.15) is 0 Å². The molecule has 1 aliphatic carbocycles. The van der Waals surface area contributed by atoms with E-state index in [4.69, 9.17) is 38.1 Å². The van der Waals surface area contributed by atoms with E-state index in [1.54, 1.807) is 48.5 Å². The molecule has 0 radical (unpaired) electrons. The normalized spacial score (nSPS) is 18.5. The molecule has 0 aliphatic heterocycles. The number of hydrogen-bond donors (Lipinski definition) is 2. The Kier molecular flexibility index (Phi) is 8.40. The number of rotatable bonds is 9. The first-order chi connectivity index (χ1) is 14.5. The Bertz CT molecular complexity index is 761. The molecule has 0 atom stereocenters. The standard InChI is InChI=1S/C23H26Cl2N2O3/c24-17-3-9-21(10-4-17)29-14-19(26)13-16-1-7-20(8-2-16)27-23(28)15-30-22-11-5-18(25)6-12-22/h3-6,9-12,16,20,26H,1-2,7-8,13-15H2,(H,27,28). The minimum absolute atomic E-state index is 0.00571. The van der Waals surface area contributed by atoms with Gasteiger partial charge in [0, 0.05) is 21.8 Å². The molecule has 30 heavy (non-hydrogen) atoms. The molecule has 3 rings (SSSR count). The molecule has 1 amide bonds. The van der Waals surface area contributed by atoms with Crippen LogP contribution in [0.1, 0.15) is 32.1 Å². The van der Waals surface area contributed by atoms with Crippen LogP contribution in [0.4, 0.5) is 0 Å². The molecular formula is C23H26Cl2N2O3. The Morgan fingerprint density at radius 2 is 1.37 bits per heavy atom. The maximum Gasteiger partial charge on any atom is 0.258 e. The average molecular weight is 449 g/mol. The van der Waals surface area contributed by atoms with E-state index < -0.39 is 0 Å². The molecule has 1 aliphatic rings. The second kappa shape index (κ2) is 11.2. The SMILES string of the molecule is N=C(COc1ccc(Cl)cc1)CC1CCC(NC(=O)COc2ccc(Cl)cc2)CC1. The van der Waals surface area contributed by atoms with Crippen LogP contribution < -0.4 is 14.8 Å². The molecule has 160 valence electrons. The highest BCUT2D eigenvalue weighted by Gasteiger charge is 2.23. The Morgan fingerprint density at radius 3 is 1.90 bits per heavy atom. The molecule has 2 aromatic rings. The van der Waals surface area contributed by atoms with Crippen LogP contribution >= 0.6 is 23.2 Å². The molecule has 0 saturated heterocycles. The highest BCUT2D eigenvalue weighted by molar-refractivity contribution is 6.30. The first kappa shape index (κ1) is 22.4. The lowest BCUT2D eigenvalue weighted by atomic mass is 9.83. The lowest BCUT2D eigenvalue weighted by Crippen LogP contribution is -2.40. The van der Waals surface area contributed by atoms with E-state index >= 15 is 0 Å². The summed E-state index contributed by atoms with van der Waals surface area (Å²) in [5, 5.41) is 12.5. The van der Waals surface area contributed by atoms with Crippen molar-refractivity contribution >= 4 is 34.8 Å². The van der Waals surface area contributed by atoms with Gasteiger partial charge in [0.2, 0.25) is 0 Å². The Morgan fingerprint density at radius 1 is 0.867 bits per heavy atom. The van der Waals surface area contributed by atoms with Gasteiger partial charge in [-0.1, -0.05) is 23.2 Å². The summed E-state index contributed by atoms with van der Waals surface area (Å²) in [6.45, 7) is 0.286. The van der Waals surface area contributed by atoms with Gasteiger partial charge in [-0.15, -0.1) is 0 Å². The predicted molar refractivity (Wildman–Crippen MR) is 120 cm³/mol. The summed E-state index contributed by atoms with van der Waals surface area (Å²) < 4.78 is 11.1. The van der Waals surface area contributed by atoms with Gasteiger partial charge in [-0.3, -0.25) is 4.79 Å². The fourth-order valence-electron chi connectivity index (χ4n) is 3.57. The maximum atomic E-state index is 12.1. The van der Waals surface area contributed by atoms with Crippen LogP contribution in [0.25, 0.3) is 0 Å². The lowest BCUT2D eigenvalue weighted by Gasteiger charge is -2.29. The van der Waals surface area contributed by atoms with Gasteiger partial charge in [0.25, 0.3) is 5.91 Å². The Labute approximate surface area is 187 Å². The first-order valence-corrected chi connectivity index (χ1v) is 10.9. The van der Waals surface area contributed by atoms with Crippen molar-refractivity contribution in [1.82, 2.24) is 5.32 Å².